The SMILES string of the molecule is CC1(C)CCC(NCCOc2cc(-c3ccccc3)ccc2C(N)=O)CC1.Cl. The van der Waals surface area contributed by atoms with Crippen LogP contribution in [0.15, 0.2) is 48.5 Å². The molecule has 2 aromatic carbocycles. The molecule has 3 N–H and O–H groups in total. The van der Waals surface area contributed by atoms with Gasteiger partial charge in [0.1, 0.15) is 12.4 Å². The molecule has 0 bridgehead atoms. The van der Waals surface area contributed by atoms with Crippen LogP contribution in [0.3, 0.4) is 0 Å². The zero-order valence-electron chi connectivity index (χ0n) is 16.7. The van der Waals surface area contributed by atoms with Gasteiger partial charge in [-0.1, -0.05) is 50.2 Å². The van der Waals surface area contributed by atoms with E-state index in [0.717, 1.165) is 17.7 Å². The molecule has 5 heteroatoms. The predicted octanol–water partition coefficient (Wildman–Crippen LogP) is 4.81. The third-order valence-electron chi connectivity index (χ3n) is 5.49. The van der Waals surface area contributed by atoms with Gasteiger partial charge in [0.25, 0.3) is 5.91 Å². The normalized spacial score (nSPS) is 16.2. The average Bonchev–Trinajstić information content (AvgIpc) is 2.66. The molecular weight excluding hydrogens is 372 g/mol. The highest BCUT2D eigenvalue weighted by Crippen LogP contribution is 2.35. The summed E-state index contributed by atoms with van der Waals surface area (Å²) in [7, 11) is 0. The molecular formula is C23H31ClN2O2. The lowest BCUT2D eigenvalue weighted by Gasteiger charge is -2.34. The summed E-state index contributed by atoms with van der Waals surface area (Å²) in [4.78, 5) is 11.7. The van der Waals surface area contributed by atoms with E-state index in [9.17, 15) is 4.79 Å². The Balaban J connectivity index is 0.00000280. The maximum Gasteiger partial charge on any atom is 0.252 e. The van der Waals surface area contributed by atoms with Gasteiger partial charge in [-0.05, 0) is 54.4 Å². The maximum atomic E-state index is 11.7. The van der Waals surface area contributed by atoms with Gasteiger partial charge in [0.15, 0.2) is 0 Å². The monoisotopic (exact) mass is 402 g/mol. The fraction of sp³-hybridized carbons (Fsp3) is 0.435. The van der Waals surface area contributed by atoms with E-state index in [0.29, 0.717) is 29.4 Å². The first kappa shape index (κ1) is 22.3. The second-order valence-corrected chi connectivity index (χ2v) is 8.18. The van der Waals surface area contributed by atoms with Gasteiger partial charge in [-0.2, -0.15) is 0 Å². The van der Waals surface area contributed by atoms with E-state index in [4.69, 9.17) is 10.5 Å². The molecule has 3 rings (SSSR count). The van der Waals surface area contributed by atoms with E-state index < -0.39 is 5.91 Å². The molecule has 1 saturated carbocycles. The molecule has 152 valence electrons. The number of benzene rings is 2. The zero-order valence-corrected chi connectivity index (χ0v) is 17.6. The highest BCUT2D eigenvalue weighted by molar-refractivity contribution is 5.96. The maximum absolute atomic E-state index is 11.7. The van der Waals surface area contributed by atoms with Crippen molar-refractivity contribution in [2.75, 3.05) is 13.2 Å². The molecule has 1 aliphatic carbocycles. The number of carbonyl (C=O) groups is 1. The van der Waals surface area contributed by atoms with Crippen molar-refractivity contribution in [2.45, 2.75) is 45.6 Å². The Morgan fingerprint density at radius 1 is 1.11 bits per heavy atom. The van der Waals surface area contributed by atoms with Crippen LogP contribution < -0.4 is 15.8 Å². The van der Waals surface area contributed by atoms with Crippen LogP contribution in [0, 0.1) is 5.41 Å². The number of halogens is 1. The highest BCUT2D eigenvalue weighted by atomic mass is 35.5. The summed E-state index contributed by atoms with van der Waals surface area (Å²) in [5, 5.41) is 3.58. The molecule has 1 aliphatic rings. The fourth-order valence-corrected chi connectivity index (χ4v) is 3.68. The molecule has 0 aliphatic heterocycles. The smallest absolute Gasteiger partial charge is 0.252 e. The lowest BCUT2D eigenvalue weighted by molar-refractivity contribution is 0.0996. The quantitative estimate of drug-likeness (QED) is 0.653. The van der Waals surface area contributed by atoms with Gasteiger partial charge in [0.2, 0.25) is 0 Å². The van der Waals surface area contributed by atoms with Crippen molar-refractivity contribution in [1.29, 1.82) is 0 Å². The summed E-state index contributed by atoms with van der Waals surface area (Å²) in [6.07, 6.45) is 4.94. The van der Waals surface area contributed by atoms with Gasteiger partial charge in [-0.25, -0.2) is 0 Å². The van der Waals surface area contributed by atoms with E-state index in [1.54, 1.807) is 6.07 Å². The van der Waals surface area contributed by atoms with Crippen molar-refractivity contribution in [3.8, 4) is 16.9 Å². The molecule has 1 fully saturated rings. The topological polar surface area (TPSA) is 64.3 Å². The van der Waals surface area contributed by atoms with E-state index in [1.165, 1.54) is 25.7 Å². The number of nitrogens with two attached hydrogens (primary N) is 1. The van der Waals surface area contributed by atoms with Crippen LogP contribution in [0.4, 0.5) is 0 Å². The van der Waals surface area contributed by atoms with Crippen LogP contribution in [0.1, 0.15) is 49.9 Å². The summed E-state index contributed by atoms with van der Waals surface area (Å²) < 4.78 is 5.93. The molecule has 0 aromatic heterocycles. The van der Waals surface area contributed by atoms with Crippen LogP contribution in [0.2, 0.25) is 0 Å². The van der Waals surface area contributed by atoms with Crippen LogP contribution in [-0.4, -0.2) is 25.1 Å². The highest BCUT2D eigenvalue weighted by Gasteiger charge is 2.26. The van der Waals surface area contributed by atoms with E-state index in [-0.39, 0.29) is 12.4 Å². The lowest BCUT2D eigenvalue weighted by atomic mass is 9.75. The molecule has 0 spiro atoms. The number of ether oxygens (including phenoxy) is 1. The number of nitrogens with one attached hydrogen (secondary N) is 1. The first-order valence-electron chi connectivity index (χ1n) is 9.80. The number of rotatable bonds is 7. The first-order valence-corrected chi connectivity index (χ1v) is 9.80. The van der Waals surface area contributed by atoms with E-state index in [2.05, 4.69) is 19.2 Å². The number of primary amides is 1. The third-order valence-corrected chi connectivity index (χ3v) is 5.49. The minimum Gasteiger partial charge on any atom is -0.491 e. The summed E-state index contributed by atoms with van der Waals surface area (Å²) in [5.74, 6) is 0.0857. The second-order valence-electron chi connectivity index (χ2n) is 8.18. The molecule has 0 saturated heterocycles. The molecule has 0 unspecified atom stereocenters. The van der Waals surface area contributed by atoms with Gasteiger partial charge in [-0.3, -0.25) is 4.79 Å². The molecule has 1 amide bonds. The Morgan fingerprint density at radius 2 is 1.79 bits per heavy atom. The Hall–Kier alpha value is -2.04. The predicted molar refractivity (Wildman–Crippen MR) is 117 cm³/mol. The van der Waals surface area contributed by atoms with Gasteiger partial charge in [0.05, 0.1) is 5.56 Å². The number of carbonyl (C=O) groups excluding carboxylic acids is 1. The molecule has 0 heterocycles. The Morgan fingerprint density at radius 3 is 2.43 bits per heavy atom. The molecule has 0 radical (unpaired) electrons. The fourth-order valence-electron chi connectivity index (χ4n) is 3.68. The van der Waals surface area contributed by atoms with Gasteiger partial charge < -0.3 is 15.8 Å². The Kier molecular flexibility index (Phi) is 7.90. The summed E-state index contributed by atoms with van der Waals surface area (Å²) >= 11 is 0. The van der Waals surface area contributed by atoms with E-state index in [1.807, 2.05) is 42.5 Å². The van der Waals surface area contributed by atoms with Gasteiger partial charge >= 0.3 is 0 Å². The zero-order chi connectivity index (χ0) is 19.3. The molecule has 4 nitrogen and oxygen atoms in total. The van der Waals surface area contributed by atoms with Crippen molar-refractivity contribution in [1.82, 2.24) is 5.32 Å². The van der Waals surface area contributed by atoms with Crippen molar-refractivity contribution in [3.05, 3.63) is 54.1 Å². The molecule has 2 aromatic rings. The van der Waals surface area contributed by atoms with Crippen LogP contribution in [0.25, 0.3) is 11.1 Å². The van der Waals surface area contributed by atoms with E-state index >= 15 is 0 Å². The van der Waals surface area contributed by atoms with Crippen LogP contribution >= 0.6 is 12.4 Å². The summed E-state index contributed by atoms with van der Waals surface area (Å²) in [6, 6.07) is 16.2. The Bertz CT molecular complexity index is 767. The average molecular weight is 403 g/mol. The van der Waals surface area contributed by atoms with Gasteiger partial charge in [-0.15, -0.1) is 12.4 Å². The third kappa shape index (κ3) is 5.98. The van der Waals surface area contributed by atoms with Crippen molar-refractivity contribution >= 4 is 18.3 Å². The largest absolute Gasteiger partial charge is 0.491 e. The minimum atomic E-state index is -0.466. The van der Waals surface area contributed by atoms with Crippen molar-refractivity contribution < 1.29 is 9.53 Å². The Labute approximate surface area is 174 Å². The first-order chi connectivity index (χ1) is 12.9. The molecule has 28 heavy (non-hydrogen) atoms. The summed E-state index contributed by atoms with van der Waals surface area (Å²) in [5.41, 5.74) is 8.51. The second kappa shape index (κ2) is 9.94. The minimum absolute atomic E-state index is 0. The summed E-state index contributed by atoms with van der Waals surface area (Å²) in [6.45, 7) is 5.96. The number of amides is 1. The van der Waals surface area contributed by atoms with Crippen LogP contribution in [-0.2, 0) is 0 Å². The van der Waals surface area contributed by atoms with Crippen molar-refractivity contribution in [2.24, 2.45) is 11.1 Å². The lowest BCUT2D eigenvalue weighted by Crippen LogP contribution is -2.37. The van der Waals surface area contributed by atoms with Crippen LogP contribution in [0.5, 0.6) is 5.75 Å². The number of hydrogen-bond acceptors (Lipinski definition) is 3. The standard InChI is InChI=1S/C23H30N2O2.ClH/c1-23(2)12-10-19(11-13-23)25-14-15-27-21-16-18(8-9-20(21)22(24)26)17-6-4-3-5-7-17;/h3-9,16,19,25H,10-15H2,1-2H3,(H2,24,26);1H. The molecule has 0 atom stereocenters. The van der Waals surface area contributed by atoms with Gasteiger partial charge in [0, 0.05) is 12.6 Å². The van der Waals surface area contributed by atoms with Crippen molar-refractivity contribution in [3.63, 3.8) is 0 Å². The number of hydrogen-bond donors (Lipinski definition) is 2.